The highest BCUT2D eigenvalue weighted by Crippen LogP contribution is 1.97. The van der Waals surface area contributed by atoms with Gasteiger partial charge in [0.2, 0.25) is 0 Å². The number of hydrogen-bond donors (Lipinski definition) is 2. The molecule has 0 aliphatic heterocycles. The van der Waals surface area contributed by atoms with Crippen molar-refractivity contribution in [3.63, 3.8) is 0 Å². The zero-order valence-electron chi connectivity index (χ0n) is 7.86. The smallest absolute Gasteiger partial charge is 0.332 e. The van der Waals surface area contributed by atoms with Crippen LogP contribution in [0, 0.1) is 0 Å². The second kappa shape index (κ2) is 7.97. The van der Waals surface area contributed by atoms with Crippen LogP contribution < -0.4 is 5.73 Å². The number of nitrogens with two attached hydrogens (primary N) is 1. The maximum atomic E-state index is 10.5. The van der Waals surface area contributed by atoms with Crippen molar-refractivity contribution in [1.82, 2.24) is 0 Å². The molecule has 1 unspecified atom stereocenters. The van der Waals surface area contributed by atoms with Crippen molar-refractivity contribution in [2.75, 3.05) is 26.4 Å². The summed E-state index contributed by atoms with van der Waals surface area (Å²) in [4.78, 5) is 10.5. The van der Waals surface area contributed by atoms with Gasteiger partial charge in [-0.3, -0.25) is 0 Å². The molecule has 78 valence electrons. The molecule has 0 aromatic heterocycles. The first-order valence-electron chi connectivity index (χ1n) is 4.34. The van der Waals surface area contributed by atoms with Gasteiger partial charge in [0.25, 0.3) is 0 Å². The van der Waals surface area contributed by atoms with E-state index in [1.54, 1.807) is 0 Å². The number of carboxylic acid groups (broad SMARTS) is 1. The minimum atomic E-state index is -0.970. The molecule has 0 amide bonds. The number of carboxylic acids is 1. The average molecular weight is 191 g/mol. The minimum absolute atomic E-state index is 0.296. The van der Waals surface area contributed by atoms with Gasteiger partial charge < -0.3 is 20.3 Å². The minimum Gasteiger partial charge on any atom is -0.479 e. The molecule has 0 aromatic carbocycles. The molecule has 0 aromatic rings. The first-order chi connectivity index (χ1) is 6.22. The predicted octanol–water partition coefficient (Wildman–Crippen LogP) is -0.158. The van der Waals surface area contributed by atoms with Gasteiger partial charge in [0, 0.05) is 6.61 Å². The van der Waals surface area contributed by atoms with Crippen LogP contribution in [0.1, 0.15) is 13.3 Å². The summed E-state index contributed by atoms with van der Waals surface area (Å²) in [7, 11) is 0. The topological polar surface area (TPSA) is 81.8 Å². The zero-order chi connectivity index (χ0) is 10.1. The molecule has 0 heterocycles. The molecule has 1 atom stereocenters. The molecule has 0 radical (unpaired) electrons. The lowest BCUT2D eigenvalue weighted by Crippen LogP contribution is -2.28. The van der Waals surface area contributed by atoms with Crippen molar-refractivity contribution in [3.05, 3.63) is 0 Å². The quantitative estimate of drug-likeness (QED) is 0.521. The lowest BCUT2D eigenvalue weighted by molar-refractivity contribution is -0.151. The maximum Gasteiger partial charge on any atom is 0.332 e. The predicted molar refractivity (Wildman–Crippen MR) is 47.5 cm³/mol. The van der Waals surface area contributed by atoms with E-state index in [-0.39, 0.29) is 0 Å². The van der Waals surface area contributed by atoms with Gasteiger partial charge in [0.1, 0.15) is 0 Å². The van der Waals surface area contributed by atoms with E-state index in [2.05, 4.69) is 0 Å². The van der Waals surface area contributed by atoms with Gasteiger partial charge >= 0.3 is 5.97 Å². The summed E-state index contributed by atoms with van der Waals surface area (Å²) in [6, 6.07) is 0. The highest BCUT2D eigenvalue weighted by atomic mass is 16.5. The average Bonchev–Trinajstić information content (AvgIpc) is 2.10. The van der Waals surface area contributed by atoms with Gasteiger partial charge in [-0.1, -0.05) is 0 Å². The zero-order valence-corrected chi connectivity index (χ0v) is 7.86. The van der Waals surface area contributed by atoms with Gasteiger partial charge in [0.05, 0.1) is 13.2 Å². The van der Waals surface area contributed by atoms with Crippen LogP contribution in [0.4, 0.5) is 0 Å². The molecule has 0 spiro atoms. The van der Waals surface area contributed by atoms with E-state index in [1.165, 1.54) is 0 Å². The molecular formula is C8H17NO4. The first-order valence-corrected chi connectivity index (χ1v) is 4.34. The Morgan fingerprint density at radius 1 is 1.54 bits per heavy atom. The van der Waals surface area contributed by atoms with E-state index in [0.717, 1.165) is 0 Å². The van der Waals surface area contributed by atoms with Gasteiger partial charge in [-0.25, -0.2) is 4.79 Å². The molecule has 13 heavy (non-hydrogen) atoms. The fraction of sp³-hybridized carbons (Fsp3) is 0.875. The lowest BCUT2D eigenvalue weighted by Gasteiger charge is -2.11. The molecular weight excluding hydrogens is 174 g/mol. The van der Waals surface area contributed by atoms with E-state index < -0.39 is 12.1 Å². The molecule has 0 saturated heterocycles. The number of ether oxygens (including phenoxy) is 2. The van der Waals surface area contributed by atoms with Crippen LogP contribution >= 0.6 is 0 Å². The van der Waals surface area contributed by atoms with E-state index in [1.807, 2.05) is 6.92 Å². The molecule has 0 fully saturated rings. The normalized spacial score (nSPS) is 12.8. The Kier molecular flexibility index (Phi) is 7.57. The van der Waals surface area contributed by atoms with Gasteiger partial charge in [0.15, 0.2) is 6.10 Å². The van der Waals surface area contributed by atoms with Crippen LogP contribution in [0.2, 0.25) is 0 Å². The van der Waals surface area contributed by atoms with Crippen LogP contribution in [0.15, 0.2) is 0 Å². The molecule has 0 rings (SSSR count). The fourth-order valence-electron chi connectivity index (χ4n) is 0.823. The molecule has 5 nitrogen and oxygen atoms in total. The maximum absolute atomic E-state index is 10.5. The number of hydrogen-bond acceptors (Lipinski definition) is 4. The van der Waals surface area contributed by atoms with Crippen LogP contribution in [0.5, 0.6) is 0 Å². The Morgan fingerprint density at radius 2 is 2.23 bits per heavy atom. The second-order valence-electron chi connectivity index (χ2n) is 2.47. The summed E-state index contributed by atoms with van der Waals surface area (Å²) in [5, 5.41) is 8.64. The molecule has 3 N–H and O–H groups in total. The summed E-state index contributed by atoms with van der Waals surface area (Å²) < 4.78 is 10.0. The van der Waals surface area contributed by atoms with Crippen molar-refractivity contribution in [2.24, 2.45) is 5.73 Å². The summed E-state index contributed by atoms with van der Waals surface area (Å²) in [6.45, 7) is 3.51. The van der Waals surface area contributed by atoms with Gasteiger partial charge in [-0.15, -0.1) is 0 Å². The number of rotatable bonds is 8. The summed E-state index contributed by atoms with van der Waals surface area (Å²) >= 11 is 0. The largest absolute Gasteiger partial charge is 0.479 e. The molecule has 0 aliphatic carbocycles. The van der Waals surface area contributed by atoms with Crippen LogP contribution in [0.3, 0.4) is 0 Å². The first kappa shape index (κ1) is 12.3. The Labute approximate surface area is 77.8 Å². The Hall–Kier alpha value is -0.650. The highest BCUT2D eigenvalue weighted by Gasteiger charge is 2.16. The van der Waals surface area contributed by atoms with Crippen molar-refractivity contribution >= 4 is 5.97 Å². The number of aliphatic carboxylic acids is 1. The second-order valence-corrected chi connectivity index (χ2v) is 2.47. The summed E-state index contributed by atoms with van der Waals surface area (Å²) in [5.74, 6) is -0.970. The SMILES string of the molecule is CCOCCOC(CCN)C(=O)O. The molecule has 5 heteroatoms. The van der Waals surface area contributed by atoms with Gasteiger partial charge in [-0.05, 0) is 19.9 Å². The lowest BCUT2D eigenvalue weighted by atomic mass is 10.2. The molecule has 0 aliphatic rings. The highest BCUT2D eigenvalue weighted by molar-refractivity contribution is 5.72. The van der Waals surface area contributed by atoms with Crippen molar-refractivity contribution in [3.8, 4) is 0 Å². The summed E-state index contributed by atoms with van der Waals surface area (Å²) in [5.41, 5.74) is 5.22. The summed E-state index contributed by atoms with van der Waals surface area (Å²) in [6.07, 6.45) is -0.466. The third-order valence-electron chi connectivity index (χ3n) is 1.46. The van der Waals surface area contributed by atoms with Crippen LogP contribution in [-0.4, -0.2) is 43.5 Å². The Balaban J connectivity index is 3.51. The third kappa shape index (κ3) is 6.51. The van der Waals surface area contributed by atoms with E-state index in [9.17, 15) is 4.79 Å². The van der Waals surface area contributed by atoms with Crippen molar-refractivity contribution < 1.29 is 19.4 Å². The van der Waals surface area contributed by atoms with E-state index >= 15 is 0 Å². The van der Waals surface area contributed by atoms with E-state index in [0.29, 0.717) is 32.8 Å². The van der Waals surface area contributed by atoms with Crippen molar-refractivity contribution in [2.45, 2.75) is 19.4 Å². The number of carbonyl (C=O) groups is 1. The fourth-order valence-corrected chi connectivity index (χ4v) is 0.823. The van der Waals surface area contributed by atoms with Gasteiger partial charge in [-0.2, -0.15) is 0 Å². The van der Waals surface area contributed by atoms with Crippen molar-refractivity contribution in [1.29, 1.82) is 0 Å². The monoisotopic (exact) mass is 191 g/mol. The Bertz CT molecular complexity index is 140. The van der Waals surface area contributed by atoms with Crippen LogP contribution in [0.25, 0.3) is 0 Å². The Morgan fingerprint density at radius 3 is 2.69 bits per heavy atom. The van der Waals surface area contributed by atoms with Crippen LogP contribution in [-0.2, 0) is 14.3 Å². The van der Waals surface area contributed by atoms with E-state index in [4.69, 9.17) is 20.3 Å². The third-order valence-corrected chi connectivity index (χ3v) is 1.46. The standard InChI is InChI=1S/C8H17NO4/c1-2-12-5-6-13-7(3-4-9)8(10)11/h7H,2-6,9H2,1H3,(H,10,11). The molecule has 0 saturated carbocycles. The molecule has 0 bridgehead atoms.